The highest BCUT2D eigenvalue weighted by Gasteiger charge is 2.46. The number of aromatic nitrogens is 2. The van der Waals surface area contributed by atoms with E-state index in [1.807, 2.05) is 36.4 Å². The number of nitrogens with zero attached hydrogens (tertiary/aromatic N) is 2. The summed E-state index contributed by atoms with van der Waals surface area (Å²) < 4.78 is 0. The second kappa shape index (κ2) is 15.3. The first-order valence-electron chi connectivity index (χ1n) is 20.9. The van der Waals surface area contributed by atoms with Gasteiger partial charge in [0.1, 0.15) is 0 Å². The van der Waals surface area contributed by atoms with Gasteiger partial charge in [0.2, 0.25) is 0 Å². The number of fused-ring (bicyclic) bond motifs is 3. The molecule has 0 N–H and O–H groups in total. The van der Waals surface area contributed by atoms with Crippen molar-refractivity contribution in [3.8, 4) is 78.4 Å². The summed E-state index contributed by atoms with van der Waals surface area (Å²) in [4.78, 5) is 10.0. The molecule has 11 rings (SSSR count). The Morgan fingerprint density at radius 3 is 1.20 bits per heavy atom. The van der Waals surface area contributed by atoms with E-state index in [1.54, 1.807) is 0 Å². The molecule has 2 nitrogen and oxygen atoms in total. The summed E-state index contributed by atoms with van der Waals surface area (Å²) in [5.74, 6) is 0.715. The molecule has 0 amide bonds. The van der Waals surface area contributed by atoms with Crippen LogP contribution < -0.4 is 0 Å². The van der Waals surface area contributed by atoms with Gasteiger partial charge in [-0.15, -0.1) is 0 Å². The summed E-state index contributed by atoms with van der Waals surface area (Å²) in [6, 6.07) is 87.3. The van der Waals surface area contributed by atoms with Crippen molar-refractivity contribution < 1.29 is 0 Å². The minimum Gasteiger partial charge on any atom is -0.228 e. The number of rotatable bonds is 8. The van der Waals surface area contributed by atoms with Crippen molar-refractivity contribution in [3.05, 3.63) is 265 Å². The maximum atomic E-state index is 5.06. The molecule has 0 saturated carbocycles. The second-order valence-corrected chi connectivity index (χ2v) is 15.7. The van der Waals surface area contributed by atoms with Crippen molar-refractivity contribution in [2.24, 2.45) is 0 Å². The summed E-state index contributed by atoms with van der Waals surface area (Å²) in [5.41, 5.74) is 19.2. The van der Waals surface area contributed by atoms with Crippen LogP contribution in [-0.2, 0) is 5.41 Å². The molecule has 0 saturated heterocycles. The van der Waals surface area contributed by atoms with Gasteiger partial charge in [0.25, 0.3) is 0 Å². The highest BCUT2D eigenvalue weighted by atomic mass is 14.9. The second-order valence-electron chi connectivity index (χ2n) is 15.7. The van der Waals surface area contributed by atoms with Gasteiger partial charge in [-0.1, -0.05) is 224 Å². The molecule has 0 spiro atoms. The lowest BCUT2D eigenvalue weighted by Gasteiger charge is -2.34. The van der Waals surface area contributed by atoms with E-state index in [0.717, 1.165) is 39.2 Å². The maximum absolute atomic E-state index is 5.06. The summed E-state index contributed by atoms with van der Waals surface area (Å²) in [6.07, 6.45) is 0. The Balaban J connectivity index is 1.01. The van der Waals surface area contributed by atoms with E-state index >= 15 is 0 Å². The molecule has 0 aliphatic heterocycles. The molecule has 0 bridgehead atoms. The lowest BCUT2D eigenvalue weighted by molar-refractivity contribution is 0.769. The first kappa shape index (κ1) is 36.2. The molecular formula is C59H40N2. The van der Waals surface area contributed by atoms with Crippen molar-refractivity contribution in [3.63, 3.8) is 0 Å². The van der Waals surface area contributed by atoms with Crippen LogP contribution in [0.15, 0.2) is 243 Å². The van der Waals surface area contributed by atoms with Crippen molar-refractivity contribution in [2.75, 3.05) is 0 Å². The van der Waals surface area contributed by atoms with Crippen LogP contribution in [0.5, 0.6) is 0 Å². The zero-order valence-corrected chi connectivity index (χ0v) is 33.5. The van der Waals surface area contributed by atoms with Gasteiger partial charge in [-0.05, 0) is 85.0 Å². The molecule has 286 valence electrons. The largest absolute Gasteiger partial charge is 0.228 e. The fourth-order valence-corrected chi connectivity index (χ4v) is 9.33. The third kappa shape index (κ3) is 6.37. The molecular weight excluding hydrogens is 737 g/mol. The van der Waals surface area contributed by atoms with Gasteiger partial charge < -0.3 is 0 Å². The van der Waals surface area contributed by atoms with E-state index in [9.17, 15) is 0 Å². The molecule has 2 heteroatoms. The predicted octanol–water partition coefficient (Wildman–Crippen LogP) is 14.8. The standard InChI is InChI=1S/C59H40N2/c1-6-18-43(19-7-1)51-38-53-50-28-16-17-29-54(50)59(48-24-12-4-13-25-48,49-26-14-5-15-27-49)55(53)39-52(51)44-34-30-41(31-35-44)42-32-36-46(37-33-42)57-40-56(45-20-8-2-9-21-45)60-58(61-57)47-22-10-3-11-23-47/h1-40H. The minimum atomic E-state index is -0.479. The van der Waals surface area contributed by atoms with Gasteiger partial charge in [-0.3, -0.25) is 0 Å². The van der Waals surface area contributed by atoms with E-state index in [0.29, 0.717) is 5.82 Å². The Morgan fingerprint density at radius 2 is 0.639 bits per heavy atom. The summed E-state index contributed by atoms with van der Waals surface area (Å²) >= 11 is 0. The van der Waals surface area contributed by atoms with Crippen LogP contribution in [0.25, 0.3) is 78.4 Å². The fourth-order valence-electron chi connectivity index (χ4n) is 9.33. The van der Waals surface area contributed by atoms with Gasteiger partial charge in [0.15, 0.2) is 5.82 Å². The first-order chi connectivity index (χ1) is 30.2. The molecule has 61 heavy (non-hydrogen) atoms. The summed E-state index contributed by atoms with van der Waals surface area (Å²) in [7, 11) is 0. The van der Waals surface area contributed by atoms with Crippen LogP contribution in [0.2, 0.25) is 0 Å². The highest BCUT2D eigenvalue weighted by molar-refractivity contribution is 5.95. The van der Waals surface area contributed by atoms with Crippen LogP contribution in [0, 0.1) is 0 Å². The van der Waals surface area contributed by atoms with Gasteiger partial charge in [0.05, 0.1) is 16.8 Å². The van der Waals surface area contributed by atoms with Crippen molar-refractivity contribution in [1.82, 2.24) is 9.97 Å². The third-order valence-corrected chi connectivity index (χ3v) is 12.2. The molecule has 0 atom stereocenters. The molecule has 1 aliphatic carbocycles. The van der Waals surface area contributed by atoms with Gasteiger partial charge >= 0.3 is 0 Å². The van der Waals surface area contributed by atoms with Crippen LogP contribution >= 0.6 is 0 Å². The average molecular weight is 777 g/mol. The zero-order chi connectivity index (χ0) is 40.6. The number of hydrogen-bond donors (Lipinski definition) is 0. The van der Waals surface area contributed by atoms with Gasteiger partial charge in [-0.2, -0.15) is 0 Å². The first-order valence-corrected chi connectivity index (χ1v) is 20.9. The number of benzene rings is 9. The molecule has 9 aromatic carbocycles. The van der Waals surface area contributed by atoms with Crippen LogP contribution in [0.4, 0.5) is 0 Å². The molecule has 10 aromatic rings. The Labute approximate surface area is 357 Å². The Morgan fingerprint density at radius 1 is 0.246 bits per heavy atom. The van der Waals surface area contributed by atoms with E-state index in [2.05, 4.69) is 206 Å². The van der Waals surface area contributed by atoms with Crippen LogP contribution in [-0.4, -0.2) is 9.97 Å². The quantitative estimate of drug-likeness (QED) is 0.154. The monoisotopic (exact) mass is 776 g/mol. The lowest BCUT2D eigenvalue weighted by atomic mass is 9.67. The van der Waals surface area contributed by atoms with Crippen LogP contribution in [0.3, 0.4) is 0 Å². The fraction of sp³-hybridized carbons (Fsp3) is 0.0169. The van der Waals surface area contributed by atoms with Gasteiger partial charge in [-0.25, -0.2) is 9.97 Å². The molecule has 1 heterocycles. The molecule has 1 aliphatic rings. The van der Waals surface area contributed by atoms with E-state index in [-0.39, 0.29) is 0 Å². The molecule has 0 fully saturated rings. The highest BCUT2D eigenvalue weighted by Crippen LogP contribution is 2.58. The lowest BCUT2D eigenvalue weighted by Crippen LogP contribution is -2.28. The van der Waals surface area contributed by atoms with Crippen molar-refractivity contribution in [2.45, 2.75) is 5.41 Å². The van der Waals surface area contributed by atoms with E-state index in [1.165, 1.54) is 55.6 Å². The van der Waals surface area contributed by atoms with Gasteiger partial charge in [0, 0.05) is 16.7 Å². The SMILES string of the molecule is c1ccc(-c2cc(-c3ccc(-c4ccc(-c5cc6c(cc5-c5ccccc5)-c5ccccc5C6(c5ccccc5)c5ccccc5)cc4)cc3)nc(-c3ccccc3)n2)cc1. The molecule has 0 radical (unpaired) electrons. The normalized spacial score (nSPS) is 12.4. The molecule has 1 aromatic heterocycles. The smallest absolute Gasteiger partial charge is 0.160 e. The third-order valence-electron chi connectivity index (χ3n) is 12.2. The van der Waals surface area contributed by atoms with Crippen LogP contribution in [0.1, 0.15) is 22.3 Å². The maximum Gasteiger partial charge on any atom is 0.160 e. The van der Waals surface area contributed by atoms with Crippen molar-refractivity contribution in [1.29, 1.82) is 0 Å². The van der Waals surface area contributed by atoms with E-state index < -0.39 is 5.41 Å². The molecule has 0 unspecified atom stereocenters. The van der Waals surface area contributed by atoms with E-state index in [4.69, 9.17) is 9.97 Å². The summed E-state index contributed by atoms with van der Waals surface area (Å²) in [5, 5.41) is 0. The predicted molar refractivity (Wildman–Crippen MR) is 252 cm³/mol. The topological polar surface area (TPSA) is 25.8 Å². The average Bonchev–Trinajstić information content (AvgIpc) is 3.65. The minimum absolute atomic E-state index is 0.479. The van der Waals surface area contributed by atoms with Crippen molar-refractivity contribution >= 4 is 0 Å². The zero-order valence-electron chi connectivity index (χ0n) is 33.5. The Hall–Kier alpha value is -7.94. The summed E-state index contributed by atoms with van der Waals surface area (Å²) in [6.45, 7) is 0. The Kier molecular flexibility index (Phi) is 9.09. The Bertz CT molecular complexity index is 3030. The number of hydrogen-bond acceptors (Lipinski definition) is 2.